The molecule has 4 heteroatoms. The van der Waals surface area contributed by atoms with E-state index in [0.29, 0.717) is 0 Å². The predicted molar refractivity (Wildman–Crippen MR) is 54.6 cm³/mol. The molecule has 0 bridgehead atoms. The van der Waals surface area contributed by atoms with E-state index >= 15 is 0 Å². The van der Waals surface area contributed by atoms with E-state index in [1.165, 1.54) is 5.39 Å². The maximum atomic E-state index is 8.00. The summed E-state index contributed by atoms with van der Waals surface area (Å²) >= 11 is 0.963. The summed E-state index contributed by atoms with van der Waals surface area (Å²) in [4.78, 5) is 0.873. The van der Waals surface area contributed by atoms with Crippen LogP contribution in [0.25, 0.3) is 10.8 Å². The Hall–Kier alpha value is -1.07. The van der Waals surface area contributed by atoms with Crippen LogP contribution in [-0.4, -0.2) is 5.26 Å². The largest absolute Gasteiger partial charge is 0.220 e. The van der Waals surface area contributed by atoms with Gasteiger partial charge < -0.3 is 0 Å². The molecule has 0 amide bonds. The summed E-state index contributed by atoms with van der Waals surface area (Å²) in [6, 6.07) is 13.8. The van der Waals surface area contributed by atoms with Gasteiger partial charge in [-0.1, -0.05) is 35.4 Å². The second-order valence-electron chi connectivity index (χ2n) is 2.73. The number of fused-ring (bicyclic) bond motifs is 1. The number of hydrogen-bond donors (Lipinski definition) is 1. The molecule has 72 valence electrons. The van der Waals surface area contributed by atoms with Crippen LogP contribution in [0.2, 0.25) is 0 Å². The topological polar surface area (TPSA) is 38.7 Å². The lowest BCUT2D eigenvalue weighted by atomic mass is 10.1. The molecule has 14 heavy (non-hydrogen) atoms. The first kappa shape index (κ1) is 9.48. The van der Waals surface area contributed by atoms with E-state index in [0.717, 1.165) is 22.3 Å². The van der Waals surface area contributed by atoms with E-state index < -0.39 is 0 Å². The lowest BCUT2D eigenvalue weighted by Crippen LogP contribution is -1.79. The molecular formula is C10H8O3S. The highest BCUT2D eigenvalue weighted by molar-refractivity contribution is 7.94. The Balaban J connectivity index is 2.32. The SMILES string of the molecule is OOOSc1ccc2ccccc2c1. The minimum absolute atomic E-state index is 0.873. The minimum atomic E-state index is 0.873. The maximum absolute atomic E-state index is 8.00. The van der Waals surface area contributed by atoms with E-state index in [2.05, 4.69) is 9.37 Å². The molecule has 0 radical (unpaired) electrons. The van der Waals surface area contributed by atoms with Crippen LogP contribution in [0, 0.1) is 0 Å². The van der Waals surface area contributed by atoms with Crippen LogP contribution in [0.5, 0.6) is 0 Å². The van der Waals surface area contributed by atoms with Gasteiger partial charge in [0.05, 0.1) is 12.0 Å². The van der Waals surface area contributed by atoms with Gasteiger partial charge in [0.1, 0.15) is 0 Å². The Morgan fingerprint density at radius 1 is 1.00 bits per heavy atom. The smallest absolute Gasteiger partial charge is 0.0714 e. The molecule has 0 heterocycles. The summed E-state index contributed by atoms with van der Waals surface area (Å²) in [5, 5.41) is 13.8. The Morgan fingerprint density at radius 3 is 2.57 bits per heavy atom. The monoisotopic (exact) mass is 208 g/mol. The Morgan fingerprint density at radius 2 is 1.79 bits per heavy atom. The van der Waals surface area contributed by atoms with Crippen LogP contribution in [0.4, 0.5) is 0 Å². The minimum Gasteiger partial charge on any atom is -0.220 e. The van der Waals surface area contributed by atoms with Crippen molar-refractivity contribution >= 4 is 22.8 Å². The van der Waals surface area contributed by atoms with E-state index in [1.54, 1.807) is 0 Å². The average Bonchev–Trinajstić information content (AvgIpc) is 2.26. The van der Waals surface area contributed by atoms with Gasteiger partial charge in [0.15, 0.2) is 0 Å². The van der Waals surface area contributed by atoms with Crippen LogP contribution in [0.3, 0.4) is 0 Å². The lowest BCUT2D eigenvalue weighted by molar-refractivity contribution is -0.432. The first-order valence-corrected chi connectivity index (χ1v) is 4.78. The molecule has 2 rings (SSSR count). The van der Waals surface area contributed by atoms with Gasteiger partial charge >= 0.3 is 0 Å². The van der Waals surface area contributed by atoms with Crippen LogP contribution in [0.15, 0.2) is 47.4 Å². The van der Waals surface area contributed by atoms with E-state index in [-0.39, 0.29) is 0 Å². The van der Waals surface area contributed by atoms with Crippen molar-refractivity contribution in [2.45, 2.75) is 4.90 Å². The van der Waals surface area contributed by atoms with Crippen molar-refractivity contribution in [2.75, 3.05) is 0 Å². The van der Waals surface area contributed by atoms with Gasteiger partial charge in [-0.2, -0.15) is 0 Å². The Labute approximate surface area is 85.3 Å². The van der Waals surface area contributed by atoms with Crippen LogP contribution < -0.4 is 0 Å². The van der Waals surface area contributed by atoms with Crippen molar-refractivity contribution in [3.63, 3.8) is 0 Å². The van der Waals surface area contributed by atoms with Crippen LogP contribution in [0.1, 0.15) is 0 Å². The second kappa shape index (κ2) is 4.43. The number of rotatable bonds is 3. The van der Waals surface area contributed by atoms with Gasteiger partial charge in [0.25, 0.3) is 0 Å². The molecule has 0 spiro atoms. The van der Waals surface area contributed by atoms with Gasteiger partial charge in [0, 0.05) is 4.90 Å². The molecule has 0 fully saturated rings. The maximum Gasteiger partial charge on any atom is 0.0714 e. The molecule has 0 aliphatic carbocycles. The fourth-order valence-corrected chi connectivity index (χ4v) is 1.68. The first-order chi connectivity index (χ1) is 6.90. The molecule has 2 aromatic carbocycles. The summed E-state index contributed by atoms with van der Waals surface area (Å²) < 4.78 is 4.34. The highest BCUT2D eigenvalue weighted by atomic mass is 32.2. The Bertz CT molecular complexity index is 430. The summed E-state index contributed by atoms with van der Waals surface area (Å²) in [5.41, 5.74) is 0. The highest BCUT2D eigenvalue weighted by Gasteiger charge is 1.97. The van der Waals surface area contributed by atoms with Crippen molar-refractivity contribution in [3.8, 4) is 0 Å². The van der Waals surface area contributed by atoms with Crippen LogP contribution in [-0.2, 0) is 9.37 Å². The zero-order valence-electron chi connectivity index (χ0n) is 7.21. The quantitative estimate of drug-likeness (QED) is 0.477. The normalized spacial score (nSPS) is 10.6. The summed E-state index contributed by atoms with van der Waals surface area (Å²) in [6.45, 7) is 0. The fraction of sp³-hybridized carbons (Fsp3) is 0. The third-order valence-electron chi connectivity index (χ3n) is 1.88. The first-order valence-electron chi connectivity index (χ1n) is 4.04. The molecule has 0 atom stereocenters. The van der Waals surface area contributed by atoms with E-state index in [4.69, 9.17) is 5.26 Å². The zero-order valence-corrected chi connectivity index (χ0v) is 8.03. The van der Waals surface area contributed by atoms with Crippen LogP contribution >= 0.6 is 12.0 Å². The molecular weight excluding hydrogens is 200 g/mol. The lowest BCUT2D eigenvalue weighted by Gasteiger charge is -2.00. The number of benzene rings is 2. The average molecular weight is 208 g/mol. The highest BCUT2D eigenvalue weighted by Crippen LogP contribution is 2.23. The Kier molecular flexibility index (Phi) is 3.00. The summed E-state index contributed by atoms with van der Waals surface area (Å²) in [7, 11) is 0. The molecule has 0 unspecified atom stereocenters. The van der Waals surface area contributed by atoms with Gasteiger partial charge in [0.2, 0.25) is 0 Å². The van der Waals surface area contributed by atoms with Crippen molar-refractivity contribution < 1.29 is 14.6 Å². The summed E-state index contributed by atoms with van der Waals surface area (Å²) in [5.74, 6) is 0. The van der Waals surface area contributed by atoms with Gasteiger partial charge in [-0.05, 0) is 22.9 Å². The third kappa shape index (κ3) is 2.05. The van der Waals surface area contributed by atoms with Gasteiger partial charge in [-0.25, -0.2) is 5.26 Å². The molecule has 0 saturated heterocycles. The standard InChI is InChI=1S/C10H8O3S/c11-12-13-14-10-6-5-8-3-1-2-4-9(8)7-10/h1-7,11H. The molecule has 0 saturated carbocycles. The van der Waals surface area contributed by atoms with Crippen molar-refractivity contribution in [1.29, 1.82) is 0 Å². The molecule has 0 aliphatic heterocycles. The number of hydrogen-bond acceptors (Lipinski definition) is 4. The molecule has 1 N–H and O–H groups in total. The molecule has 0 aromatic heterocycles. The second-order valence-corrected chi connectivity index (χ2v) is 3.51. The third-order valence-corrected chi connectivity index (χ3v) is 2.46. The van der Waals surface area contributed by atoms with E-state index in [9.17, 15) is 0 Å². The van der Waals surface area contributed by atoms with Gasteiger partial charge in [-0.3, -0.25) is 0 Å². The molecule has 0 aliphatic rings. The van der Waals surface area contributed by atoms with Crippen molar-refractivity contribution in [1.82, 2.24) is 0 Å². The fourth-order valence-electron chi connectivity index (χ4n) is 1.27. The molecule has 3 nitrogen and oxygen atoms in total. The predicted octanol–water partition coefficient (Wildman–Crippen LogP) is 3.27. The van der Waals surface area contributed by atoms with E-state index in [1.807, 2.05) is 42.5 Å². The van der Waals surface area contributed by atoms with Crippen molar-refractivity contribution in [3.05, 3.63) is 42.5 Å². The summed E-state index contributed by atoms with van der Waals surface area (Å²) in [6.07, 6.45) is 0. The van der Waals surface area contributed by atoms with Gasteiger partial charge in [-0.15, -0.1) is 4.33 Å². The zero-order chi connectivity index (χ0) is 9.80. The van der Waals surface area contributed by atoms with Crippen molar-refractivity contribution in [2.24, 2.45) is 0 Å². The molecule has 2 aromatic rings.